The molecule has 0 aromatic heterocycles. The van der Waals surface area contributed by atoms with Crippen LogP contribution in [0.25, 0.3) is 0 Å². The van der Waals surface area contributed by atoms with Crippen LogP contribution in [0.15, 0.2) is 0 Å². The molecule has 1 saturated heterocycles. The molecule has 3 nitrogen and oxygen atoms in total. The predicted molar refractivity (Wildman–Crippen MR) is 32.3 cm³/mol. The molecule has 1 rings (SSSR count). The number of hydrogen-bond acceptors (Lipinski definition) is 3. The second-order valence-corrected chi connectivity index (χ2v) is 1.99. The molecule has 1 aliphatic rings. The van der Waals surface area contributed by atoms with Crippen LogP contribution in [0.3, 0.4) is 0 Å². The second kappa shape index (κ2) is 2.81. The number of rotatable bonds is 1. The summed E-state index contributed by atoms with van der Waals surface area (Å²) in [6.07, 6.45) is 0.879. The molecule has 2 unspecified atom stereocenters. The van der Waals surface area contributed by atoms with Crippen LogP contribution in [0.5, 0.6) is 0 Å². The summed E-state index contributed by atoms with van der Waals surface area (Å²) < 4.78 is 5.00. The highest BCUT2D eigenvalue weighted by Gasteiger charge is 2.25. The first-order valence-electron chi connectivity index (χ1n) is 2.88. The molecule has 0 bridgehead atoms. The first-order valence-corrected chi connectivity index (χ1v) is 2.88. The third-order valence-corrected chi connectivity index (χ3v) is 1.46. The number of nitrogens with zero attached hydrogens (tertiary/aromatic N) is 1. The minimum atomic E-state index is -0.144. The van der Waals surface area contributed by atoms with Crippen molar-refractivity contribution in [2.75, 3.05) is 7.11 Å². The van der Waals surface area contributed by atoms with E-state index >= 15 is 0 Å². The minimum absolute atomic E-state index is 0.0509. The number of ether oxygens (including phenoxy) is 1. The van der Waals surface area contributed by atoms with E-state index in [0.29, 0.717) is 0 Å². The van der Waals surface area contributed by atoms with Gasteiger partial charge in [0.15, 0.2) is 0 Å². The van der Waals surface area contributed by atoms with Gasteiger partial charge in [0, 0.05) is 13.7 Å². The van der Waals surface area contributed by atoms with Crippen molar-refractivity contribution in [2.24, 2.45) is 0 Å². The summed E-state index contributed by atoms with van der Waals surface area (Å²) in [6.45, 7) is 1.86. The average molecular weight is 125 g/mol. The standard InChI is InChI=1S/C6H9N2O/c1-9-6-2-3-8-5(6)4-7/h3,5-6,8H,2H2,1H3. The summed E-state index contributed by atoms with van der Waals surface area (Å²) in [5.74, 6) is 0. The van der Waals surface area contributed by atoms with E-state index in [1.54, 1.807) is 7.11 Å². The van der Waals surface area contributed by atoms with Crippen molar-refractivity contribution in [1.29, 1.82) is 5.26 Å². The molecule has 1 N–H and O–H groups in total. The van der Waals surface area contributed by atoms with Crippen LogP contribution in [0.1, 0.15) is 6.42 Å². The molecule has 3 heteroatoms. The van der Waals surface area contributed by atoms with Gasteiger partial charge in [-0.05, 0) is 6.42 Å². The van der Waals surface area contributed by atoms with Gasteiger partial charge >= 0.3 is 0 Å². The zero-order valence-electron chi connectivity index (χ0n) is 5.29. The topological polar surface area (TPSA) is 45.0 Å². The molecule has 1 radical (unpaired) electrons. The fraction of sp³-hybridized carbons (Fsp3) is 0.667. The molecule has 0 amide bonds. The minimum Gasteiger partial charge on any atom is -0.379 e. The van der Waals surface area contributed by atoms with Crippen LogP contribution in [-0.2, 0) is 4.74 Å². The molecule has 1 aliphatic heterocycles. The summed E-state index contributed by atoms with van der Waals surface area (Å²) in [5, 5.41) is 11.4. The van der Waals surface area contributed by atoms with Gasteiger partial charge < -0.3 is 4.74 Å². The van der Waals surface area contributed by atoms with Crippen molar-refractivity contribution in [2.45, 2.75) is 18.6 Å². The third-order valence-electron chi connectivity index (χ3n) is 1.46. The van der Waals surface area contributed by atoms with Gasteiger partial charge in [-0.1, -0.05) is 0 Å². The number of nitrogens with one attached hydrogen (secondary N) is 1. The molecule has 1 fully saturated rings. The lowest BCUT2D eigenvalue weighted by Gasteiger charge is -2.08. The summed E-state index contributed by atoms with van der Waals surface area (Å²) in [4.78, 5) is 0. The van der Waals surface area contributed by atoms with E-state index in [0.717, 1.165) is 6.42 Å². The van der Waals surface area contributed by atoms with E-state index in [2.05, 4.69) is 11.4 Å². The van der Waals surface area contributed by atoms with Gasteiger partial charge in [0.05, 0.1) is 12.2 Å². The average Bonchev–Trinajstić information content (AvgIpc) is 2.33. The van der Waals surface area contributed by atoms with Crippen molar-refractivity contribution in [3.05, 3.63) is 6.54 Å². The van der Waals surface area contributed by atoms with Crippen LogP contribution in [-0.4, -0.2) is 19.3 Å². The first-order chi connectivity index (χ1) is 4.38. The highest BCUT2D eigenvalue weighted by Crippen LogP contribution is 2.11. The Kier molecular flexibility index (Phi) is 2.04. The Morgan fingerprint density at radius 2 is 2.67 bits per heavy atom. The van der Waals surface area contributed by atoms with Crippen molar-refractivity contribution >= 4 is 0 Å². The van der Waals surface area contributed by atoms with Crippen molar-refractivity contribution in [1.82, 2.24) is 5.32 Å². The SMILES string of the molecule is COC1C[CH]NC1C#N. The molecule has 2 atom stereocenters. The molecule has 0 saturated carbocycles. The molecule has 0 aromatic carbocycles. The molecule has 49 valence electrons. The highest BCUT2D eigenvalue weighted by molar-refractivity contribution is 5.03. The number of methoxy groups -OCH3 is 1. The van der Waals surface area contributed by atoms with E-state index in [-0.39, 0.29) is 12.1 Å². The van der Waals surface area contributed by atoms with Crippen LogP contribution >= 0.6 is 0 Å². The van der Waals surface area contributed by atoms with Crippen molar-refractivity contribution < 1.29 is 4.74 Å². The van der Waals surface area contributed by atoms with Crippen LogP contribution in [0, 0.1) is 17.9 Å². The second-order valence-electron chi connectivity index (χ2n) is 1.99. The Balaban J connectivity index is 2.44. The molecular weight excluding hydrogens is 116 g/mol. The quantitative estimate of drug-likeness (QED) is 0.538. The zero-order chi connectivity index (χ0) is 6.69. The largest absolute Gasteiger partial charge is 0.379 e. The number of nitriles is 1. The van der Waals surface area contributed by atoms with Crippen LogP contribution in [0.2, 0.25) is 0 Å². The van der Waals surface area contributed by atoms with Gasteiger partial charge in [0.25, 0.3) is 0 Å². The maximum atomic E-state index is 8.46. The Morgan fingerprint density at radius 3 is 3.11 bits per heavy atom. The lowest BCUT2D eigenvalue weighted by atomic mass is 10.2. The lowest BCUT2D eigenvalue weighted by molar-refractivity contribution is 0.106. The monoisotopic (exact) mass is 125 g/mol. The molecule has 0 aromatic rings. The summed E-state index contributed by atoms with van der Waals surface area (Å²) in [5.41, 5.74) is 0. The van der Waals surface area contributed by atoms with E-state index < -0.39 is 0 Å². The lowest BCUT2D eigenvalue weighted by Crippen LogP contribution is -2.28. The molecule has 1 heterocycles. The summed E-state index contributed by atoms with van der Waals surface area (Å²) in [6, 6.07) is 1.95. The van der Waals surface area contributed by atoms with E-state index in [4.69, 9.17) is 10.00 Å². The molecule has 9 heavy (non-hydrogen) atoms. The van der Waals surface area contributed by atoms with E-state index in [1.807, 2.05) is 6.54 Å². The molecular formula is C6H9N2O. The van der Waals surface area contributed by atoms with Gasteiger partial charge in [0.2, 0.25) is 0 Å². The van der Waals surface area contributed by atoms with Crippen molar-refractivity contribution in [3.63, 3.8) is 0 Å². The Morgan fingerprint density at radius 1 is 1.89 bits per heavy atom. The normalized spacial score (nSPS) is 34.2. The van der Waals surface area contributed by atoms with Gasteiger partial charge in [-0.25, -0.2) is 0 Å². The molecule has 0 spiro atoms. The fourth-order valence-electron chi connectivity index (χ4n) is 0.907. The van der Waals surface area contributed by atoms with Crippen molar-refractivity contribution in [3.8, 4) is 6.07 Å². The third kappa shape index (κ3) is 1.21. The van der Waals surface area contributed by atoms with E-state index in [1.165, 1.54) is 0 Å². The Bertz CT molecular complexity index is 130. The predicted octanol–water partition coefficient (Wildman–Crippen LogP) is 0.0487. The highest BCUT2D eigenvalue weighted by atomic mass is 16.5. The maximum Gasteiger partial charge on any atom is 0.122 e. The summed E-state index contributed by atoms with van der Waals surface area (Å²) in [7, 11) is 1.62. The van der Waals surface area contributed by atoms with Crippen LogP contribution in [0.4, 0.5) is 0 Å². The fourth-order valence-corrected chi connectivity index (χ4v) is 0.907. The van der Waals surface area contributed by atoms with Gasteiger partial charge in [0.1, 0.15) is 6.04 Å². The zero-order valence-corrected chi connectivity index (χ0v) is 5.29. The van der Waals surface area contributed by atoms with Crippen LogP contribution < -0.4 is 5.32 Å². The summed E-state index contributed by atoms with van der Waals surface area (Å²) >= 11 is 0. The Labute approximate surface area is 54.6 Å². The smallest absolute Gasteiger partial charge is 0.122 e. The van der Waals surface area contributed by atoms with Gasteiger partial charge in [-0.15, -0.1) is 0 Å². The van der Waals surface area contributed by atoms with Gasteiger partial charge in [-0.2, -0.15) is 5.26 Å². The maximum absolute atomic E-state index is 8.46. The van der Waals surface area contributed by atoms with E-state index in [9.17, 15) is 0 Å². The number of hydrogen-bond donors (Lipinski definition) is 1. The molecule has 0 aliphatic carbocycles. The first kappa shape index (κ1) is 6.53. The van der Waals surface area contributed by atoms with Gasteiger partial charge in [-0.3, -0.25) is 5.32 Å². The Hall–Kier alpha value is -0.590.